The summed E-state index contributed by atoms with van der Waals surface area (Å²) >= 11 is 0. The van der Waals surface area contributed by atoms with Crippen molar-refractivity contribution in [3.63, 3.8) is 0 Å². The number of anilines is 2. The second-order valence-electron chi connectivity index (χ2n) is 15.7. The SMILES string of the molecule is C1=C(c2ccccc2)N(c2ccccc2)CN1c1cccc(Oc2ccc3c4cc(-c5ccccc5)ccc4n(-c4cc5c(cn4)c4ccccc4n5-c4ccccc4)c3c2)c1. The maximum Gasteiger partial charge on any atom is 0.139 e. The summed E-state index contributed by atoms with van der Waals surface area (Å²) in [5.41, 5.74) is 12.3. The number of fused-ring (bicyclic) bond motifs is 6. The molecule has 0 saturated heterocycles. The minimum atomic E-state index is 0.676. The molecule has 0 amide bonds. The number of para-hydroxylation sites is 3. The van der Waals surface area contributed by atoms with Crippen LogP contribution >= 0.6 is 0 Å². The molecule has 11 aromatic rings. The van der Waals surface area contributed by atoms with Crippen LogP contribution in [0.1, 0.15) is 5.56 Å². The third-order valence-electron chi connectivity index (χ3n) is 12.0. The van der Waals surface area contributed by atoms with E-state index < -0.39 is 0 Å². The highest BCUT2D eigenvalue weighted by Crippen LogP contribution is 2.40. The summed E-state index contributed by atoms with van der Waals surface area (Å²) in [6.07, 6.45) is 4.26. The van der Waals surface area contributed by atoms with Crippen molar-refractivity contribution in [2.75, 3.05) is 16.5 Å². The molecule has 12 rings (SSSR count). The zero-order valence-electron chi connectivity index (χ0n) is 33.7. The van der Waals surface area contributed by atoms with E-state index in [0.29, 0.717) is 6.67 Å². The van der Waals surface area contributed by atoms with Crippen LogP contribution in [0.3, 0.4) is 0 Å². The fraction of sp³-hybridized carbons (Fsp3) is 0.0179. The van der Waals surface area contributed by atoms with E-state index in [-0.39, 0.29) is 0 Å². The second-order valence-corrected chi connectivity index (χ2v) is 15.7. The molecular weight excluding hydrogens is 759 g/mol. The Labute approximate surface area is 359 Å². The number of pyridine rings is 1. The summed E-state index contributed by atoms with van der Waals surface area (Å²) in [5, 5.41) is 4.56. The maximum atomic E-state index is 6.78. The molecule has 6 heteroatoms. The minimum absolute atomic E-state index is 0.676. The standard InChI is InChI=1S/C56H39N5O/c1-5-16-39(17-6-1)41-28-31-52-49(32-41)48-30-29-46(34-53(48)61(52)56-35-54-50(36-57-56)47-26-13-14-27-51(47)60(54)43-22-11-4-12-23-43)62-45-25-15-24-44(33-45)58-37-55(40-18-7-2-8-19-40)59(38-58)42-20-9-3-10-21-42/h1-37H,38H2. The quantitative estimate of drug-likeness (QED) is 0.153. The summed E-state index contributed by atoms with van der Waals surface area (Å²) in [7, 11) is 0. The van der Waals surface area contributed by atoms with Gasteiger partial charge < -0.3 is 19.1 Å². The van der Waals surface area contributed by atoms with Crippen LogP contribution in [0, 0.1) is 0 Å². The number of aromatic nitrogens is 3. The molecule has 0 bridgehead atoms. The molecule has 294 valence electrons. The minimum Gasteiger partial charge on any atom is -0.457 e. The molecule has 62 heavy (non-hydrogen) atoms. The highest BCUT2D eigenvalue weighted by Gasteiger charge is 2.25. The normalized spacial score (nSPS) is 12.8. The van der Waals surface area contributed by atoms with Gasteiger partial charge in [0.05, 0.1) is 34.4 Å². The first-order valence-corrected chi connectivity index (χ1v) is 21.0. The molecule has 3 aromatic heterocycles. The summed E-state index contributed by atoms with van der Waals surface area (Å²) in [4.78, 5) is 9.84. The zero-order chi connectivity index (χ0) is 41.0. The number of nitrogens with zero attached hydrogens (tertiary/aromatic N) is 5. The van der Waals surface area contributed by atoms with Gasteiger partial charge in [-0.15, -0.1) is 0 Å². The van der Waals surface area contributed by atoms with Gasteiger partial charge >= 0.3 is 0 Å². The molecular formula is C56H39N5O. The molecule has 0 N–H and O–H groups in total. The Balaban J connectivity index is 0.973. The van der Waals surface area contributed by atoms with Gasteiger partial charge in [-0.3, -0.25) is 4.57 Å². The van der Waals surface area contributed by atoms with Gasteiger partial charge in [0.25, 0.3) is 0 Å². The first-order valence-electron chi connectivity index (χ1n) is 21.0. The van der Waals surface area contributed by atoms with Gasteiger partial charge in [-0.25, -0.2) is 4.98 Å². The van der Waals surface area contributed by atoms with E-state index in [0.717, 1.165) is 78.3 Å². The molecule has 6 nitrogen and oxygen atoms in total. The van der Waals surface area contributed by atoms with E-state index in [9.17, 15) is 0 Å². The van der Waals surface area contributed by atoms with Crippen LogP contribution in [-0.2, 0) is 0 Å². The summed E-state index contributed by atoms with van der Waals surface area (Å²) in [6, 6.07) is 74.6. The molecule has 0 radical (unpaired) electrons. The van der Waals surface area contributed by atoms with Crippen LogP contribution in [0.5, 0.6) is 11.5 Å². The molecule has 0 aliphatic carbocycles. The van der Waals surface area contributed by atoms with Crippen molar-refractivity contribution >= 4 is 60.7 Å². The Kier molecular flexibility index (Phi) is 8.45. The Morgan fingerprint density at radius 2 is 1.02 bits per heavy atom. The highest BCUT2D eigenvalue weighted by molar-refractivity contribution is 6.12. The van der Waals surface area contributed by atoms with Gasteiger partial charge in [0.1, 0.15) is 17.3 Å². The summed E-state index contributed by atoms with van der Waals surface area (Å²) in [6.45, 7) is 0.676. The van der Waals surface area contributed by atoms with E-state index >= 15 is 0 Å². The number of hydrogen-bond acceptors (Lipinski definition) is 4. The largest absolute Gasteiger partial charge is 0.457 e. The fourth-order valence-corrected chi connectivity index (χ4v) is 9.12. The van der Waals surface area contributed by atoms with Crippen LogP contribution in [0.15, 0.2) is 225 Å². The molecule has 0 saturated carbocycles. The first-order chi connectivity index (χ1) is 30.7. The van der Waals surface area contributed by atoms with Crippen molar-refractivity contribution in [2.24, 2.45) is 0 Å². The molecule has 1 aliphatic heterocycles. The van der Waals surface area contributed by atoms with Crippen molar-refractivity contribution in [2.45, 2.75) is 0 Å². The van der Waals surface area contributed by atoms with Gasteiger partial charge in [-0.2, -0.15) is 0 Å². The number of ether oxygens (including phenoxy) is 1. The molecule has 0 spiro atoms. The van der Waals surface area contributed by atoms with E-state index in [4.69, 9.17) is 9.72 Å². The monoisotopic (exact) mass is 797 g/mol. The Bertz CT molecular complexity index is 3470. The Morgan fingerprint density at radius 3 is 1.81 bits per heavy atom. The van der Waals surface area contributed by atoms with Crippen LogP contribution in [-0.4, -0.2) is 20.8 Å². The highest BCUT2D eigenvalue weighted by atomic mass is 16.5. The van der Waals surface area contributed by atoms with Crippen LogP contribution < -0.4 is 14.5 Å². The molecule has 0 unspecified atom stereocenters. The van der Waals surface area contributed by atoms with Gasteiger partial charge in [0.15, 0.2) is 0 Å². The third-order valence-corrected chi connectivity index (χ3v) is 12.0. The number of rotatable bonds is 8. The maximum absolute atomic E-state index is 6.78. The molecule has 1 aliphatic rings. The summed E-state index contributed by atoms with van der Waals surface area (Å²) in [5.74, 6) is 2.34. The van der Waals surface area contributed by atoms with Gasteiger partial charge in [-0.05, 0) is 83.4 Å². The topological polar surface area (TPSA) is 38.5 Å². The smallest absolute Gasteiger partial charge is 0.139 e. The Morgan fingerprint density at radius 1 is 0.387 bits per heavy atom. The number of benzene rings is 8. The first kappa shape index (κ1) is 35.6. The lowest BCUT2D eigenvalue weighted by atomic mass is 10.0. The van der Waals surface area contributed by atoms with Crippen molar-refractivity contribution in [3.05, 3.63) is 230 Å². The number of hydrogen-bond donors (Lipinski definition) is 0. The third kappa shape index (κ3) is 6.08. The molecule has 4 heterocycles. The van der Waals surface area contributed by atoms with Gasteiger partial charge in [-0.1, -0.05) is 127 Å². The van der Waals surface area contributed by atoms with Crippen molar-refractivity contribution < 1.29 is 4.74 Å². The average Bonchev–Trinajstić information content (AvgIpc) is 4.03. The van der Waals surface area contributed by atoms with Crippen LogP contribution in [0.2, 0.25) is 0 Å². The second kappa shape index (κ2) is 14.7. The van der Waals surface area contributed by atoms with Crippen molar-refractivity contribution in [1.82, 2.24) is 14.1 Å². The van der Waals surface area contributed by atoms with Crippen molar-refractivity contribution in [3.8, 4) is 34.1 Å². The van der Waals surface area contributed by atoms with Gasteiger partial charge in [0.2, 0.25) is 0 Å². The van der Waals surface area contributed by atoms with E-state index in [1.54, 1.807) is 0 Å². The summed E-state index contributed by atoms with van der Waals surface area (Å²) < 4.78 is 11.4. The zero-order valence-corrected chi connectivity index (χ0v) is 33.7. The van der Waals surface area contributed by atoms with Crippen molar-refractivity contribution in [1.29, 1.82) is 0 Å². The molecule has 0 fully saturated rings. The van der Waals surface area contributed by atoms with Gasteiger partial charge in [0, 0.05) is 69.2 Å². The lowest BCUT2D eigenvalue weighted by Crippen LogP contribution is -2.26. The lowest BCUT2D eigenvalue weighted by Gasteiger charge is -2.24. The van der Waals surface area contributed by atoms with E-state index in [2.05, 4.69) is 231 Å². The van der Waals surface area contributed by atoms with E-state index in [1.165, 1.54) is 22.1 Å². The lowest BCUT2D eigenvalue weighted by molar-refractivity contribution is 0.483. The van der Waals surface area contributed by atoms with Crippen LogP contribution in [0.4, 0.5) is 11.4 Å². The van der Waals surface area contributed by atoms with E-state index in [1.807, 2.05) is 12.3 Å². The predicted octanol–water partition coefficient (Wildman–Crippen LogP) is 14.0. The molecule has 8 aromatic carbocycles. The van der Waals surface area contributed by atoms with Crippen LogP contribution in [0.25, 0.3) is 71.9 Å². The fourth-order valence-electron chi connectivity index (χ4n) is 9.12. The predicted molar refractivity (Wildman–Crippen MR) is 256 cm³/mol. The molecule has 0 atom stereocenters. The average molecular weight is 798 g/mol. The Hall–Kier alpha value is -8.35.